The second-order valence-corrected chi connectivity index (χ2v) is 14.1. The van der Waals surface area contributed by atoms with Gasteiger partial charge >= 0.3 is 5.97 Å². The average molecular weight is 585 g/mol. The van der Waals surface area contributed by atoms with E-state index in [4.69, 9.17) is 9.47 Å². The molecule has 5 aliphatic rings. The van der Waals surface area contributed by atoms with Crippen molar-refractivity contribution < 1.29 is 24.2 Å². The quantitative estimate of drug-likeness (QED) is 0.331. The van der Waals surface area contributed by atoms with Crippen molar-refractivity contribution in [2.24, 2.45) is 11.8 Å². The molecule has 1 N–H and O–H groups in total. The number of nitrogens with zero attached hydrogens (tertiary/aromatic N) is 2. The van der Waals surface area contributed by atoms with Crippen molar-refractivity contribution in [1.82, 2.24) is 9.80 Å². The third-order valence-corrected chi connectivity index (χ3v) is 10.7. The Morgan fingerprint density at radius 1 is 1.19 bits per heavy atom. The van der Waals surface area contributed by atoms with Crippen molar-refractivity contribution in [3.63, 3.8) is 0 Å². The summed E-state index contributed by atoms with van der Waals surface area (Å²) in [4.78, 5) is 31.6. The molecular formula is C36H44N2O5. The van der Waals surface area contributed by atoms with Crippen LogP contribution in [0.25, 0.3) is 6.08 Å². The summed E-state index contributed by atoms with van der Waals surface area (Å²) in [5.74, 6) is 1.29. The van der Waals surface area contributed by atoms with E-state index in [1.807, 2.05) is 42.2 Å². The summed E-state index contributed by atoms with van der Waals surface area (Å²) in [6.45, 7) is 10.3. The minimum absolute atomic E-state index is 0.0382. The Morgan fingerprint density at radius 2 is 2.00 bits per heavy atom. The van der Waals surface area contributed by atoms with Crippen LogP contribution in [-0.4, -0.2) is 70.2 Å². The molecule has 1 amide bonds. The van der Waals surface area contributed by atoms with Gasteiger partial charge in [0, 0.05) is 31.7 Å². The average Bonchev–Trinajstić information content (AvgIpc) is 3.70. The lowest BCUT2D eigenvalue weighted by atomic mass is 9.48. The molecule has 1 saturated heterocycles. The maximum atomic E-state index is 14.1. The van der Waals surface area contributed by atoms with Crippen molar-refractivity contribution in [2.45, 2.75) is 95.4 Å². The molecule has 2 aromatic carbocycles. The minimum Gasteiger partial charge on any atom is -0.504 e. The number of phenolic OH excluding ortho intramolecular Hbond substituents is 1. The van der Waals surface area contributed by atoms with Crippen LogP contribution in [0.1, 0.15) is 75.1 Å². The third kappa shape index (κ3) is 4.49. The molecule has 5 atom stereocenters. The van der Waals surface area contributed by atoms with Gasteiger partial charge in [0.15, 0.2) is 11.5 Å². The molecule has 228 valence electrons. The van der Waals surface area contributed by atoms with Gasteiger partial charge in [0.1, 0.15) is 11.7 Å². The Labute approximate surface area is 254 Å². The largest absolute Gasteiger partial charge is 0.504 e. The molecule has 0 aromatic heterocycles. The smallest absolute Gasteiger partial charge is 0.303 e. The third-order valence-electron chi connectivity index (χ3n) is 10.7. The molecule has 0 radical (unpaired) electrons. The molecule has 2 aliphatic heterocycles. The van der Waals surface area contributed by atoms with Crippen LogP contribution >= 0.6 is 0 Å². The van der Waals surface area contributed by atoms with Gasteiger partial charge in [-0.3, -0.25) is 14.5 Å². The molecule has 2 aromatic rings. The number of ether oxygens (including phenoxy) is 2. The van der Waals surface area contributed by atoms with Gasteiger partial charge in [0.05, 0.1) is 17.5 Å². The second-order valence-electron chi connectivity index (χ2n) is 14.1. The van der Waals surface area contributed by atoms with Crippen molar-refractivity contribution in [2.75, 3.05) is 19.6 Å². The Hall–Kier alpha value is -3.32. The fourth-order valence-electron chi connectivity index (χ4n) is 9.03. The summed E-state index contributed by atoms with van der Waals surface area (Å²) < 4.78 is 13.5. The highest BCUT2D eigenvalue weighted by Crippen LogP contribution is 2.67. The fourth-order valence-corrected chi connectivity index (χ4v) is 9.03. The highest BCUT2D eigenvalue weighted by Gasteiger charge is 2.75. The van der Waals surface area contributed by atoms with Gasteiger partial charge in [-0.15, -0.1) is 0 Å². The molecule has 0 unspecified atom stereocenters. The summed E-state index contributed by atoms with van der Waals surface area (Å²) in [6.07, 6.45) is 8.53. The van der Waals surface area contributed by atoms with Crippen LogP contribution in [0.4, 0.5) is 0 Å². The number of rotatable bonds is 8. The molecule has 7 rings (SSSR count). The first-order valence-electron chi connectivity index (χ1n) is 16.1. The van der Waals surface area contributed by atoms with Gasteiger partial charge in [0.25, 0.3) is 0 Å². The highest BCUT2D eigenvalue weighted by atomic mass is 16.6. The number of aryl methyl sites for hydroxylation is 1. The number of hydrogen-bond acceptors (Lipinski definition) is 6. The second kappa shape index (κ2) is 10.4. The standard InChI is InChI=1S/C36H44N2O5/c1-22(2)20-38(31(41)13-10-25-7-5-6-23(3)18-25)28-14-15-36(43-24(4)39)30-19-27-11-12-29(40)33-32(27)35(36,34(28)42-33)16-17-37(30)21-26-8-9-26/h5-7,10-13,18,22,26,28,30,34,40H,8-9,14-17,19-21H2,1-4H3/t28-,30+,34-,35-,36+/m0/s1. The molecule has 3 fully saturated rings. The molecule has 2 heterocycles. The molecule has 3 aliphatic carbocycles. The number of aromatic hydroxyl groups is 1. The number of piperidine rings is 1. The van der Waals surface area contributed by atoms with Crippen molar-refractivity contribution in [1.29, 1.82) is 0 Å². The molecule has 7 heteroatoms. The topological polar surface area (TPSA) is 79.3 Å². The van der Waals surface area contributed by atoms with Crippen molar-refractivity contribution >= 4 is 18.0 Å². The number of carbonyl (C=O) groups excluding carboxylic acids is 2. The van der Waals surface area contributed by atoms with Crippen LogP contribution in [0.5, 0.6) is 11.5 Å². The molecule has 43 heavy (non-hydrogen) atoms. The number of likely N-dealkylation sites (tertiary alicyclic amines) is 1. The minimum atomic E-state index is -0.775. The van der Waals surface area contributed by atoms with E-state index in [2.05, 4.69) is 24.8 Å². The molecule has 7 nitrogen and oxygen atoms in total. The van der Waals surface area contributed by atoms with Crippen LogP contribution < -0.4 is 4.74 Å². The van der Waals surface area contributed by atoms with E-state index in [-0.39, 0.29) is 35.6 Å². The number of hydrogen-bond donors (Lipinski definition) is 1. The Kier molecular flexibility index (Phi) is 6.88. The zero-order valence-electron chi connectivity index (χ0n) is 25.8. The van der Waals surface area contributed by atoms with Gasteiger partial charge in [-0.05, 0) is 87.1 Å². The first-order chi connectivity index (χ1) is 20.6. The Balaban J connectivity index is 1.33. The van der Waals surface area contributed by atoms with Crippen LogP contribution in [0.3, 0.4) is 0 Å². The number of carbonyl (C=O) groups is 2. The van der Waals surface area contributed by atoms with Gasteiger partial charge in [0.2, 0.25) is 5.91 Å². The fraction of sp³-hybridized carbons (Fsp3) is 0.556. The lowest BCUT2D eigenvalue weighted by Gasteiger charge is -2.65. The van der Waals surface area contributed by atoms with E-state index in [9.17, 15) is 14.7 Å². The van der Waals surface area contributed by atoms with Crippen LogP contribution in [0.2, 0.25) is 0 Å². The summed E-state index contributed by atoms with van der Waals surface area (Å²) in [7, 11) is 0. The van der Waals surface area contributed by atoms with Gasteiger partial charge in [-0.2, -0.15) is 0 Å². The van der Waals surface area contributed by atoms with Gasteiger partial charge < -0.3 is 19.5 Å². The van der Waals surface area contributed by atoms with Crippen LogP contribution in [0, 0.1) is 18.8 Å². The van der Waals surface area contributed by atoms with E-state index in [0.29, 0.717) is 31.1 Å². The Bertz CT molecular complexity index is 1480. The predicted molar refractivity (Wildman–Crippen MR) is 165 cm³/mol. The number of benzene rings is 2. The summed E-state index contributed by atoms with van der Waals surface area (Å²) in [6, 6.07) is 11.7. The van der Waals surface area contributed by atoms with Gasteiger partial charge in [-0.25, -0.2) is 0 Å². The van der Waals surface area contributed by atoms with E-state index in [1.54, 1.807) is 12.1 Å². The normalized spacial score (nSPS) is 30.7. The first kappa shape index (κ1) is 28.5. The van der Waals surface area contributed by atoms with E-state index in [0.717, 1.165) is 42.6 Å². The monoisotopic (exact) mass is 584 g/mol. The van der Waals surface area contributed by atoms with Gasteiger partial charge in [-0.1, -0.05) is 49.7 Å². The van der Waals surface area contributed by atoms with E-state index < -0.39 is 17.1 Å². The SMILES string of the molecule is CC(=O)O[C@@]12CC[C@H](N(CC(C)C)C(=O)C=Cc3cccc(C)c3)[C@@H]3Oc4c(O)ccc5c4[C@@]31CCN(CC1CC1)[C@@H]2C5. The summed E-state index contributed by atoms with van der Waals surface area (Å²) in [5, 5.41) is 11.1. The molecule has 1 spiro atoms. The lowest BCUT2D eigenvalue weighted by molar-refractivity contribution is -0.224. The summed E-state index contributed by atoms with van der Waals surface area (Å²) in [5.41, 5.74) is 2.91. The number of esters is 1. The lowest BCUT2D eigenvalue weighted by Crippen LogP contribution is -2.79. The first-order valence-corrected chi connectivity index (χ1v) is 16.1. The van der Waals surface area contributed by atoms with Crippen LogP contribution in [-0.2, 0) is 26.2 Å². The van der Waals surface area contributed by atoms with E-state index in [1.165, 1.54) is 25.3 Å². The van der Waals surface area contributed by atoms with E-state index >= 15 is 0 Å². The predicted octanol–water partition coefficient (Wildman–Crippen LogP) is 5.40. The number of amides is 1. The molecular weight excluding hydrogens is 540 g/mol. The molecule has 2 saturated carbocycles. The highest BCUT2D eigenvalue weighted by molar-refractivity contribution is 5.92. The maximum Gasteiger partial charge on any atom is 0.303 e. The Morgan fingerprint density at radius 3 is 2.72 bits per heavy atom. The zero-order chi connectivity index (χ0) is 30.1. The summed E-state index contributed by atoms with van der Waals surface area (Å²) >= 11 is 0. The van der Waals surface area contributed by atoms with Crippen molar-refractivity contribution in [3.8, 4) is 11.5 Å². The van der Waals surface area contributed by atoms with Crippen molar-refractivity contribution in [3.05, 3.63) is 64.7 Å². The number of phenols is 1. The maximum absolute atomic E-state index is 14.1. The van der Waals surface area contributed by atoms with Crippen LogP contribution in [0.15, 0.2) is 42.5 Å². The molecule has 2 bridgehead atoms. The zero-order valence-corrected chi connectivity index (χ0v) is 25.8.